The summed E-state index contributed by atoms with van der Waals surface area (Å²) >= 11 is 4.24. The Labute approximate surface area is 192 Å². The van der Waals surface area contributed by atoms with E-state index in [-0.39, 0.29) is 18.7 Å². The van der Waals surface area contributed by atoms with Crippen LogP contribution in [0.3, 0.4) is 0 Å². The van der Waals surface area contributed by atoms with Gasteiger partial charge >= 0.3 is 192 Å². The minimum absolute atomic E-state index is 0.209. The third-order valence-electron chi connectivity index (χ3n) is 5.23. The molecule has 0 saturated heterocycles. The second-order valence-corrected chi connectivity index (χ2v) is 16.1. The zero-order valence-electron chi connectivity index (χ0n) is 17.7. The summed E-state index contributed by atoms with van der Waals surface area (Å²) in [7, 11) is 1.62. The van der Waals surface area contributed by atoms with Crippen molar-refractivity contribution in [1.29, 1.82) is 0 Å². The average Bonchev–Trinajstić information content (AvgIpc) is 2.83. The molecule has 0 atom stereocenters. The van der Waals surface area contributed by atoms with E-state index in [0.717, 1.165) is 15.9 Å². The van der Waals surface area contributed by atoms with E-state index in [1.54, 1.807) is 7.11 Å². The number of rotatable bonds is 11. The minimum atomic E-state index is -3.31. The maximum absolute atomic E-state index is 13.2. The van der Waals surface area contributed by atoms with Crippen LogP contribution in [0.5, 0.6) is 0 Å². The number of carbonyl (C=O) groups is 1. The van der Waals surface area contributed by atoms with Gasteiger partial charge in [-0.1, -0.05) is 0 Å². The Hall–Kier alpha value is -2.04. The number of carbonyl (C=O) groups excluding carboxylic acids is 1. The number of ether oxygens (including phenoxy) is 3. The van der Waals surface area contributed by atoms with Gasteiger partial charge in [-0.3, -0.25) is 0 Å². The summed E-state index contributed by atoms with van der Waals surface area (Å²) in [6, 6.07) is 30.6. The van der Waals surface area contributed by atoms with E-state index in [9.17, 15) is 4.79 Å². The number of methoxy groups -OCH3 is 1. The van der Waals surface area contributed by atoms with Crippen LogP contribution in [-0.2, 0) is 19.0 Å². The van der Waals surface area contributed by atoms with Crippen molar-refractivity contribution in [2.75, 3.05) is 39.7 Å². The van der Waals surface area contributed by atoms with Crippen molar-refractivity contribution in [3.8, 4) is 0 Å². The van der Waals surface area contributed by atoms with Crippen molar-refractivity contribution >= 4 is 42.7 Å². The Morgan fingerprint density at radius 3 is 1.55 bits per heavy atom. The molecule has 0 aliphatic heterocycles. The van der Waals surface area contributed by atoms with Crippen LogP contribution in [0.25, 0.3) is 0 Å². The molecule has 164 valence electrons. The summed E-state index contributed by atoms with van der Waals surface area (Å²) in [5, 5.41) is -0.0587. The standard InChI is InChI=1S/C25H28BrO4P/c1-28-17-18-29-19-20-30-25(27)21-31(26,22-11-5-2-6-12-22,23-13-7-3-8-14-23)24-15-9-4-10-16-24/h2-16H,17-21H2,1H3. The average molecular weight is 503 g/mol. The first-order valence-electron chi connectivity index (χ1n) is 10.2. The van der Waals surface area contributed by atoms with Crippen molar-refractivity contribution in [3.63, 3.8) is 0 Å². The van der Waals surface area contributed by atoms with E-state index >= 15 is 0 Å². The number of esters is 1. The van der Waals surface area contributed by atoms with Crippen molar-refractivity contribution in [3.05, 3.63) is 91.0 Å². The molecular weight excluding hydrogens is 475 g/mol. The Morgan fingerprint density at radius 2 is 1.13 bits per heavy atom. The van der Waals surface area contributed by atoms with Gasteiger partial charge in [-0.2, -0.15) is 0 Å². The molecule has 0 aliphatic rings. The molecule has 0 N–H and O–H groups in total. The zero-order chi connectivity index (χ0) is 22.0. The Kier molecular flexibility index (Phi) is 8.39. The molecule has 3 aromatic carbocycles. The predicted octanol–water partition coefficient (Wildman–Crippen LogP) is 4.03. The van der Waals surface area contributed by atoms with Gasteiger partial charge in [-0.25, -0.2) is 0 Å². The second kappa shape index (κ2) is 11.0. The monoisotopic (exact) mass is 502 g/mol. The SMILES string of the molecule is COCCOCCOC(=O)CP(Br)(c1ccccc1)(c1ccccc1)c1ccccc1. The fourth-order valence-corrected chi connectivity index (χ4v) is 10.8. The molecule has 6 heteroatoms. The molecule has 0 radical (unpaired) electrons. The van der Waals surface area contributed by atoms with Gasteiger partial charge in [0.1, 0.15) is 0 Å². The molecule has 4 nitrogen and oxygen atoms in total. The topological polar surface area (TPSA) is 44.8 Å². The molecule has 3 aromatic rings. The first-order valence-corrected chi connectivity index (χ1v) is 14.7. The van der Waals surface area contributed by atoms with Crippen LogP contribution >= 0.6 is 20.8 Å². The molecule has 0 amide bonds. The molecule has 0 aromatic heterocycles. The third kappa shape index (κ3) is 5.24. The van der Waals surface area contributed by atoms with Crippen LogP contribution in [0.4, 0.5) is 0 Å². The first kappa shape index (κ1) is 23.6. The van der Waals surface area contributed by atoms with E-state index < -0.39 is 5.31 Å². The van der Waals surface area contributed by atoms with Gasteiger partial charge in [0.2, 0.25) is 0 Å². The molecule has 0 saturated carbocycles. The molecule has 0 aliphatic carbocycles. The normalized spacial score (nSPS) is 12.6. The molecule has 31 heavy (non-hydrogen) atoms. The maximum atomic E-state index is 13.2. The van der Waals surface area contributed by atoms with Crippen molar-refractivity contribution in [1.82, 2.24) is 0 Å². The Balaban J connectivity index is 2.00. The molecule has 0 spiro atoms. The number of hydrogen-bond acceptors (Lipinski definition) is 4. The van der Waals surface area contributed by atoms with E-state index in [0.29, 0.717) is 19.8 Å². The molecule has 0 bridgehead atoms. The quantitative estimate of drug-likeness (QED) is 0.225. The number of hydrogen-bond donors (Lipinski definition) is 0. The van der Waals surface area contributed by atoms with Gasteiger partial charge < -0.3 is 0 Å². The van der Waals surface area contributed by atoms with Gasteiger partial charge in [0.25, 0.3) is 0 Å². The van der Waals surface area contributed by atoms with Crippen molar-refractivity contribution in [2.45, 2.75) is 0 Å². The molecule has 0 heterocycles. The fourth-order valence-electron chi connectivity index (χ4n) is 3.68. The Morgan fingerprint density at radius 1 is 0.710 bits per heavy atom. The molecular formula is C25H28BrO4P. The van der Waals surface area contributed by atoms with E-state index in [2.05, 4.69) is 51.9 Å². The van der Waals surface area contributed by atoms with Crippen LogP contribution in [-0.4, -0.2) is 45.7 Å². The third-order valence-corrected chi connectivity index (χ3v) is 14.6. The van der Waals surface area contributed by atoms with Crippen molar-refractivity contribution < 1.29 is 19.0 Å². The number of benzene rings is 3. The summed E-state index contributed by atoms with van der Waals surface area (Å²) in [4.78, 5) is 13.2. The van der Waals surface area contributed by atoms with Crippen LogP contribution in [0, 0.1) is 0 Å². The predicted molar refractivity (Wildman–Crippen MR) is 133 cm³/mol. The second-order valence-electron chi connectivity index (χ2n) is 7.17. The number of halogens is 1. The van der Waals surface area contributed by atoms with Crippen LogP contribution in [0.15, 0.2) is 91.0 Å². The zero-order valence-corrected chi connectivity index (χ0v) is 20.1. The van der Waals surface area contributed by atoms with Crippen molar-refractivity contribution in [2.24, 2.45) is 0 Å². The van der Waals surface area contributed by atoms with E-state index in [1.165, 1.54) is 0 Å². The first-order chi connectivity index (χ1) is 15.1. The summed E-state index contributed by atoms with van der Waals surface area (Å²) < 4.78 is 16.0. The molecule has 0 unspecified atom stereocenters. The summed E-state index contributed by atoms with van der Waals surface area (Å²) in [6.07, 6.45) is 0.210. The summed E-state index contributed by atoms with van der Waals surface area (Å²) in [6.45, 7) is 1.54. The molecule has 3 rings (SSSR count). The van der Waals surface area contributed by atoms with E-state index in [1.807, 2.05) is 54.6 Å². The van der Waals surface area contributed by atoms with Gasteiger partial charge in [0.05, 0.1) is 0 Å². The van der Waals surface area contributed by atoms with Crippen LogP contribution < -0.4 is 15.9 Å². The summed E-state index contributed by atoms with van der Waals surface area (Å²) in [5.74, 6) is -0.263. The van der Waals surface area contributed by atoms with Gasteiger partial charge in [0.15, 0.2) is 0 Å². The summed E-state index contributed by atoms with van der Waals surface area (Å²) in [5.41, 5.74) is 0. The van der Waals surface area contributed by atoms with Crippen LogP contribution in [0.2, 0.25) is 0 Å². The fraction of sp³-hybridized carbons (Fsp3) is 0.240. The van der Waals surface area contributed by atoms with E-state index in [4.69, 9.17) is 14.2 Å². The van der Waals surface area contributed by atoms with Gasteiger partial charge in [-0.05, 0) is 0 Å². The van der Waals surface area contributed by atoms with Gasteiger partial charge in [-0.15, -0.1) is 0 Å². The molecule has 0 fully saturated rings. The van der Waals surface area contributed by atoms with Crippen LogP contribution in [0.1, 0.15) is 0 Å². The van der Waals surface area contributed by atoms with Gasteiger partial charge in [0, 0.05) is 0 Å². The Bertz CT molecular complexity index is 852.